The number of fused-ring (bicyclic) bond motifs is 2. The lowest BCUT2D eigenvalue weighted by atomic mass is 10.1. The number of carbonyl (C=O) groups excluding carboxylic acids is 2. The van der Waals surface area contributed by atoms with E-state index in [1.165, 1.54) is 0 Å². The molecule has 4 fully saturated rings. The molecule has 4 saturated heterocycles. The monoisotopic (exact) mass is 424 g/mol. The standard InChI is InChI=1S/2C11H20N2O2/c2*1-11(2,3)15-10(14)13-7-5-8-9(13)4-6-12-8/h2*8-9,12H,4-7H2,1-3H3/t2*8-,9-/m10/s1. The predicted octanol–water partition coefficient (Wildman–Crippen LogP) is 2.72. The van der Waals surface area contributed by atoms with Gasteiger partial charge in [-0.05, 0) is 80.3 Å². The van der Waals surface area contributed by atoms with E-state index in [1.54, 1.807) is 0 Å². The van der Waals surface area contributed by atoms with E-state index in [4.69, 9.17) is 9.47 Å². The molecule has 4 aliphatic heterocycles. The second kappa shape index (κ2) is 8.91. The molecule has 0 aromatic heterocycles. The van der Waals surface area contributed by atoms with Gasteiger partial charge in [-0.1, -0.05) is 0 Å². The first-order chi connectivity index (χ1) is 13.9. The fourth-order valence-corrected chi connectivity index (χ4v) is 4.83. The van der Waals surface area contributed by atoms with Gasteiger partial charge in [-0.3, -0.25) is 0 Å². The zero-order chi connectivity index (χ0) is 22.1. The van der Waals surface area contributed by atoms with Crippen LogP contribution in [0.3, 0.4) is 0 Å². The van der Waals surface area contributed by atoms with Crippen molar-refractivity contribution in [3.63, 3.8) is 0 Å². The smallest absolute Gasteiger partial charge is 0.410 e. The van der Waals surface area contributed by atoms with Crippen LogP contribution in [-0.4, -0.2) is 83.5 Å². The first-order valence-corrected chi connectivity index (χ1v) is 11.4. The number of rotatable bonds is 0. The lowest BCUT2D eigenvalue weighted by molar-refractivity contribution is 0.0216. The third-order valence-corrected chi connectivity index (χ3v) is 6.04. The highest BCUT2D eigenvalue weighted by atomic mass is 16.6. The van der Waals surface area contributed by atoms with Crippen molar-refractivity contribution in [3.8, 4) is 0 Å². The maximum absolute atomic E-state index is 11.9. The van der Waals surface area contributed by atoms with Gasteiger partial charge in [-0.25, -0.2) is 9.59 Å². The van der Waals surface area contributed by atoms with Gasteiger partial charge in [-0.2, -0.15) is 0 Å². The van der Waals surface area contributed by atoms with Gasteiger partial charge in [0.05, 0.1) is 12.1 Å². The highest BCUT2D eigenvalue weighted by Gasteiger charge is 2.42. The topological polar surface area (TPSA) is 83.1 Å². The minimum atomic E-state index is -0.388. The fraction of sp³-hybridized carbons (Fsp3) is 0.909. The normalized spacial score (nSPS) is 30.5. The van der Waals surface area contributed by atoms with Gasteiger partial charge in [-0.15, -0.1) is 0 Å². The minimum Gasteiger partial charge on any atom is -0.444 e. The maximum atomic E-state index is 11.9. The van der Waals surface area contributed by atoms with Crippen LogP contribution in [0.1, 0.15) is 67.2 Å². The van der Waals surface area contributed by atoms with Crippen molar-refractivity contribution in [2.24, 2.45) is 0 Å². The Hall–Kier alpha value is -1.54. The average molecular weight is 425 g/mol. The number of likely N-dealkylation sites (tertiary alicyclic amines) is 2. The zero-order valence-corrected chi connectivity index (χ0v) is 19.5. The van der Waals surface area contributed by atoms with Crippen molar-refractivity contribution in [2.75, 3.05) is 26.2 Å². The number of nitrogens with zero attached hydrogens (tertiary/aromatic N) is 2. The molecule has 30 heavy (non-hydrogen) atoms. The second-order valence-electron chi connectivity index (χ2n) is 10.8. The van der Waals surface area contributed by atoms with Crippen LogP contribution in [0.25, 0.3) is 0 Å². The van der Waals surface area contributed by atoms with E-state index in [0.29, 0.717) is 24.2 Å². The Labute approximate surface area is 181 Å². The lowest BCUT2D eigenvalue weighted by Gasteiger charge is -2.27. The van der Waals surface area contributed by atoms with Gasteiger partial charge in [0.15, 0.2) is 0 Å². The Bertz CT molecular complexity index is 574. The zero-order valence-electron chi connectivity index (χ0n) is 19.5. The van der Waals surface area contributed by atoms with E-state index in [-0.39, 0.29) is 23.4 Å². The number of ether oxygens (including phenoxy) is 2. The number of hydrogen-bond acceptors (Lipinski definition) is 6. The van der Waals surface area contributed by atoms with E-state index < -0.39 is 0 Å². The summed E-state index contributed by atoms with van der Waals surface area (Å²) in [5, 5.41) is 6.83. The lowest BCUT2D eigenvalue weighted by Crippen LogP contribution is -2.41. The molecule has 8 heteroatoms. The summed E-state index contributed by atoms with van der Waals surface area (Å²) in [6, 6.07) is 1.72. The van der Waals surface area contributed by atoms with Crippen LogP contribution in [0.5, 0.6) is 0 Å². The van der Waals surface area contributed by atoms with Gasteiger partial charge < -0.3 is 29.9 Å². The van der Waals surface area contributed by atoms with Crippen molar-refractivity contribution < 1.29 is 19.1 Å². The predicted molar refractivity (Wildman–Crippen MR) is 116 cm³/mol. The number of carbonyl (C=O) groups is 2. The summed E-state index contributed by atoms with van der Waals surface area (Å²) in [5.74, 6) is 0. The van der Waals surface area contributed by atoms with Crippen molar-refractivity contribution in [1.82, 2.24) is 20.4 Å². The molecule has 8 nitrogen and oxygen atoms in total. The largest absolute Gasteiger partial charge is 0.444 e. The van der Waals surface area contributed by atoms with Crippen molar-refractivity contribution in [3.05, 3.63) is 0 Å². The fourth-order valence-electron chi connectivity index (χ4n) is 4.83. The highest BCUT2D eigenvalue weighted by molar-refractivity contribution is 5.69. The first-order valence-electron chi connectivity index (χ1n) is 11.4. The van der Waals surface area contributed by atoms with Crippen LogP contribution in [0, 0.1) is 0 Å². The molecular formula is C22H40N4O4. The first kappa shape index (κ1) is 23.1. The highest BCUT2D eigenvalue weighted by Crippen LogP contribution is 2.27. The van der Waals surface area contributed by atoms with Crippen molar-refractivity contribution >= 4 is 12.2 Å². The summed E-state index contributed by atoms with van der Waals surface area (Å²) in [7, 11) is 0. The molecular weight excluding hydrogens is 384 g/mol. The second-order valence-corrected chi connectivity index (χ2v) is 10.8. The molecule has 172 valence electrons. The van der Waals surface area contributed by atoms with Gasteiger partial charge in [0.1, 0.15) is 11.2 Å². The Morgan fingerprint density at radius 3 is 1.40 bits per heavy atom. The summed E-state index contributed by atoms with van der Waals surface area (Å²) in [4.78, 5) is 27.5. The molecule has 0 radical (unpaired) electrons. The molecule has 4 heterocycles. The Morgan fingerprint density at radius 2 is 1.07 bits per heavy atom. The summed E-state index contributed by atoms with van der Waals surface area (Å²) in [5.41, 5.74) is -0.775. The van der Waals surface area contributed by atoms with Gasteiger partial charge >= 0.3 is 12.2 Å². The third kappa shape index (κ3) is 5.78. The molecule has 4 atom stereocenters. The van der Waals surface area contributed by atoms with Crippen molar-refractivity contribution in [2.45, 2.75) is 103 Å². The molecule has 2 amide bonds. The molecule has 4 rings (SSSR count). The SMILES string of the molecule is CC(C)(C)OC(=O)N1CC[C@@H]2NCC[C@@H]21.CC(C)(C)OC(=O)N1CC[C@H]2NCC[C@H]21. The Balaban J connectivity index is 0.000000171. The summed E-state index contributed by atoms with van der Waals surface area (Å²) in [6.07, 6.45) is 3.93. The number of nitrogens with one attached hydrogen (secondary N) is 2. The number of amides is 2. The number of hydrogen-bond donors (Lipinski definition) is 2. The van der Waals surface area contributed by atoms with Crippen LogP contribution >= 0.6 is 0 Å². The van der Waals surface area contributed by atoms with Gasteiger partial charge in [0, 0.05) is 25.2 Å². The molecule has 0 bridgehead atoms. The van der Waals surface area contributed by atoms with Gasteiger partial charge in [0.2, 0.25) is 0 Å². The Kier molecular flexibility index (Phi) is 6.87. The molecule has 0 unspecified atom stereocenters. The molecule has 0 saturated carbocycles. The van der Waals surface area contributed by atoms with E-state index in [1.807, 2.05) is 51.3 Å². The third-order valence-electron chi connectivity index (χ3n) is 6.04. The van der Waals surface area contributed by atoms with Gasteiger partial charge in [0.25, 0.3) is 0 Å². The summed E-state index contributed by atoms with van der Waals surface area (Å²) in [6.45, 7) is 15.2. The average Bonchev–Trinajstić information content (AvgIpc) is 3.33. The van der Waals surface area contributed by atoms with Crippen molar-refractivity contribution in [1.29, 1.82) is 0 Å². The molecule has 4 aliphatic rings. The van der Waals surface area contributed by atoms with E-state index in [9.17, 15) is 9.59 Å². The van der Waals surface area contributed by atoms with E-state index in [2.05, 4.69) is 10.6 Å². The quantitative estimate of drug-likeness (QED) is 0.622. The molecule has 2 N–H and O–H groups in total. The molecule has 0 aliphatic carbocycles. The maximum Gasteiger partial charge on any atom is 0.410 e. The van der Waals surface area contributed by atoms with Crippen LogP contribution < -0.4 is 10.6 Å². The van der Waals surface area contributed by atoms with Crippen LogP contribution in [0.2, 0.25) is 0 Å². The van der Waals surface area contributed by atoms with Crippen LogP contribution in [-0.2, 0) is 9.47 Å². The van der Waals surface area contributed by atoms with E-state index in [0.717, 1.165) is 51.9 Å². The minimum absolute atomic E-state index is 0.154. The van der Waals surface area contributed by atoms with Crippen LogP contribution in [0.15, 0.2) is 0 Å². The molecule has 0 aromatic rings. The summed E-state index contributed by atoms with van der Waals surface area (Å²) < 4.78 is 10.8. The Morgan fingerprint density at radius 1 is 0.700 bits per heavy atom. The van der Waals surface area contributed by atoms with E-state index >= 15 is 0 Å². The van der Waals surface area contributed by atoms with Crippen LogP contribution in [0.4, 0.5) is 9.59 Å². The summed E-state index contributed by atoms with van der Waals surface area (Å²) >= 11 is 0. The molecule has 0 aromatic carbocycles. The molecule has 0 spiro atoms.